The highest BCUT2D eigenvalue weighted by Gasteiger charge is 2.26. The van der Waals surface area contributed by atoms with Crippen LogP contribution in [0.25, 0.3) is 0 Å². The third-order valence-corrected chi connectivity index (χ3v) is 4.49. The average Bonchev–Trinajstić information content (AvgIpc) is 3.06. The number of ketones is 1. The van der Waals surface area contributed by atoms with Crippen LogP contribution >= 0.6 is 0 Å². The summed E-state index contributed by atoms with van der Waals surface area (Å²) in [5.41, 5.74) is 5.94. The molecule has 0 aliphatic carbocycles. The van der Waals surface area contributed by atoms with Gasteiger partial charge in [-0.1, -0.05) is 0 Å². The first-order chi connectivity index (χ1) is 12.0. The van der Waals surface area contributed by atoms with E-state index in [1.807, 2.05) is 0 Å². The lowest BCUT2D eigenvalue weighted by Gasteiger charge is -2.31. The van der Waals surface area contributed by atoms with Gasteiger partial charge in [0.05, 0.1) is 0 Å². The molecule has 0 saturated carbocycles. The summed E-state index contributed by atoms with van der Waals surface area (Å²) in [4.78, 5) is 30.3. The molecule has 1 fully saturated rings. The van der Waals surface area contributed by atoms with Gasteiger partial charge in [-0.05, 0) is 37.1 Å². The molecular formula is C17H20FN5O2. The maximum absolute atomic E-state index is 12.9. The van der Waals surface area contributed by atoms with Gasteiger partial charge in [0.1, 0.15) is 11.6 Å². The molecule has 0 spiro atoms. The lowest BCUT2D eigenvalue weighted by atomic mass is 9.95. The molecule has 1 aromatic carbocycles. The molecule has 1 saturated heterocycles. The SMILES string of the molecule is Nc1n[nH]c(C2CCN(C(=O)CCC(=O)c3ccc(F)cc3)CC2)n1. The zero-order chi connectivity index (χ0) is 17.8. The van der Waals surface area contributed by atoms with Crippen LogP contribution in [0.4, 0.5) is 10.3 Å². The van der Waals surface area contributed by atoms with Gasteiger partial charge in [-0.15, -0.1) is 5.10 Å². The fourth-order valence-corrected chi connectivity index (χ4v) is 3.03. The van der Waals surface area contributed by atoms with Crippen molar-refractivity contribution < 1.29 is 14.0 Å². The van der Waals surface area contributed by atoms with E-state index in [4.69, 9.17) is 5.73 Å². The predicted molar refractivity (Wildman–Crippen MR) is 89.3 cm³/mol. The van der Waals surface area contributed by atoms with Gasteiger partial charge < -0.3 is 10.6 Å². The van der Waals surface area contributed by atoms with Gasteiger partial charge in [0, 0.05) is 37.4 Å². The van der Waals surface area contributed by atoms with Gasteiger partial charge in [0.25, 0.3) is 0 Å². The van der Waals surface area contributed by atoms with E-state index in [0.29, 0.717) is 18.7 Å². The molecule has 0 atom stereocenters. The molecule has 3 N–H and O–H groups in total. The van der Waals surface area contributed by atoms with Crippen LogP contribution in [0, 0.1) is 5.82 Å². The third kappa shape index (κ3) is 4.20. The molecule has 7 nitrogen and oxygen atoms in total. The van der Waals surface area contributed by atoms with Crippen molar-refractivity contribution in [2.45, 2.75) is 31.6 Å². The number of piperidine rings is 1. The number of aromatic amines is 1. The number of nitrogen functional groups attached to an aromatic ring is 1. The smallest absolute Gasteiger partial charge is 0.239 e. The van der Waals surface area contributed by atoms with Gasteiger partial charge >= 0.3 is 0 Å². The molecule has 0 radical (unpaired) electrons. The van der Waals surface area contributed by atoms with Crippen molar-refractivity contribution in [1.82, 2.24) is 20.1 Å². The summed E-state index contributed by atoms with van der Waals surface area (Å²) in [6.07, 6.45) is 1.86. The Labute approximate surface area is 144 Å². The fraction of sp³-hybridized carbons (Fsp3) is 0.412. The highest BCUT2D eigenvalue weighted by molar-refractivity contribution is 5.97. The van der Waals surface area contributed by atoms with E-state index in [0.717, 1.165) is 18.7 Å². The van der Waals surface area contributed by atoms with Gasteiger partial charge in [-0.3, -0.25) is 14.7 Å². The monoisotopic (exact) mass is 345 g/mol. The molecule has 1 aromatic heterocycles. The number of likely N-dealkylation sites (tertiary alicyclic amines) is 1. The minimum atomic E-state index is -0.385. The molecule has 132 valence electrons. The summed E-state index contributed by atoms with van der Waals surface area (Å²) in [5.74, 6) is 0.633. The van der Waals surface area contributed by atoms with E-state index in [2.05, 4.69) is 15.2 Å². The maximum Gasteiger partial charge on any atom is 0.239 e. The average molecular weight is 345 g/mol. The Morgan fingerprint density at radius 1 is 1.20 bits per heavy atom. The van der Waals surface area contributed by atoms with E-state index >= 15 is 0 Å². The van der Waals surface area contributed by atoms with Crippen LogP contribution in [0.3, 0.4) is 0 Å². The largest absolute Gasteiger partial charge is 0.367 e. The van der Waals surface area contributed by atoms with Crippen molar-refractivity contribution in [3.8, 4) is 0 Å². The number of hydrogen-bond acceptors (Lipinski definition) is 5. The summed E-state index contributed by atoms with van der Waals surface area (Å²) in [5, 5.41) is 6.65. The van der Waals surface area contributed by atoms with E-state index in [1.165, 1.54) is 24.3 Å². The van der Waals surface area contributed by atoms with Gasteiger partial charge in [-0.2, -0.15) is 4.98 Å². The molecular weight excluding hydrogens is 325 g/mol. The molecule has 0 unspecified atom stereocenters. The first kappa shape index (κ1) is 17.1. The zero-order valence-electron chi connectivity index (χ0n) is 13.7. The van der Waals surface area contributed by atoms with Gasteiger partial charge in [0.2, 0.25) is 11.9 Å². The lowest BCUT2D eigenvalue weighted by Crippen LogP contribution is -2.38. The van der Waals surface area contributed by atoms with Crippen molar-refractivity contribution in [3.63, 3.8) is 0 Å². The Hall–Kier alpha value is -2.77. The van der Waals surface area contributed by atoms with E-state index in [1.54, 1.807) is 4.90 Å². The minimum Gasteiger partial charge on any atom is -0.367 e. The molecule has 25 heavy (non-hydrogen) atoms. The number of halogens is 1. The predicted octanol–water partition coefficient (Wildman–Crippen LogP) is 1.90. The van der Waals surface area contributed by atoms with Crippen LogP contribution in [0.5, 0.6) is 0 Å². The Bertz CT molecular complexity index is 751. The maximum atomic E-state index is 12.9. The zero-order valence-corrected chi connectivity index (χ0v) is 13.7. The Balaban J connectivity index is 1.46. The van der Waals surface area contributed by atoms with Crippen LogP contribution in [-0.2, 0) is 4.79 Å². The number of amides is 1. The van der Waals surface area contributed by atoms with Crippen molar-refractivity contribution in [3.05, 3.63) is 41.5 Å². The summed E-state index contributed by atoms with van der Waals surface area (Å²) >= 11 is 0. The number of nitrogens with two attached hydrogens (primary N) is 1. The highest BCUT2D eigenvalue weighted by atomic mass is 19.1. The van der Waals surface area contributed by atoms with E-state index in [-0.39, 0.29) is 42.2 Å². The van der Waals surface area contributed by atoms with Crippen LogP contribution in [0.1, 0.15) is 47.8 Å². The number of aromatic nitrogens is 3. The molecule has 1 aliphatic heterocycles. The third-order valence-electron chi connectivity index (χ3n) is 4.49. The molecule has 2 heterocycles. The molecule has 1 amide bonds. The number of nitrogens with one attached hydrogen (secondary N) is 1. The van der Waals surface area contributed by atoms with Crippen molar-refractivity contribution in [2.75, 3.05) is 18.8 Å². The highest BCUT2D eigenvalue weighted by Crippen LogP contribution is 2.26. The first-order valence-corrected chi connectivity index (χ1v) is 8.27. The number of Topliss-reactive ketones (excluding diaryl/α,β-unsaturated/α-hetero) is 1. The number of benzene rings is 1. The Morgan fingerprint density at radius 3 is 2.48 bits per heavy atom. The summed E-state index contributed by atoms with van der Waals surface area (Å²) in [6.45, 7) is 1.24. The number of H-pyrrole nitrogens is 1. The van der Waals surface area contributed by atoms with Crippen LogP contribution < -0.4 is 5.73 Å². The number of anilines is 1. The van der Waals surface area contributed by atoms with Crippen LogP contribution in [0.15, 0.2) is 24.3 Å². The quantitative estimate of drug-likeness (QED) is 0.805. The molecule has 0 bridgehead atoms. The molecule has 8 heteroatoms. The lowest BCUT2D eigenvalue weighted by molar-refractivity contribution is -0.132. The Morgan fingerprint density at radius 2 is 1.88 bits per heavy atom. The number of hydrogen-bond donors (Lipinski definition) is 2. The Kier molecular flexibility index (Phi) is 5.06. The molecule has 3 rings (SSSR count). The van der Waals surface area contributed by atoms with E-state index in [9.17, 15) is 14.0 Å². The summed E-state index contributed by atoms with van der Waals surface area (Å²) in [6, 6.07) is 5.37. The standard InChI is InChI=1S/C17H20FN5O2/c18-13-3-1-11(2-4-13)14(24)5-6-15(25)23-9-7-12(8-10-23)16-20-17(19)22-21-16/h1-4,12H,5-10H2,(H3,19,20,21,22). The molecule has 1 aliphatic rings. The second kappa shape index (κ2) is 7.42. The normalized spacial score (nSPS) is 15.3. The first-order valence-electron chi connectivity index (χ1n) is 8.27. The van der Waals surface area contributed by atoms with Gasteiger partial charge in [0.15, 0.2) is 5.78 Å². The minimum absolute atomic E-state index is 0.0361. The molecule has 2 aromatic rings. The van der Waals surface area contributed by atoms with Crippen molar-refractivity contribution in [2.24, 2.45) is 0 Å². The van der Waals surface area contributed by atoms with Gasteiger partial charge in [-0.25, -0.2) is 4.39 Å². The number of nitrogens with zero attached hydrogens (tertiary/aromatic N) is 3. The number of rotatable bonds is 5. The van der Waals surface area contributed by atoms with Crippen LogP contribution in [0.2, 0.25) is 0 Å². The summed E-state index contributed by atoms with van der Waals surface area (Å²) in [7, 11) is 0. The second-order valence-corrected chi connectivity index (χ2v) is 6.16. The number of carbonyl (C=O) groups is 2. The van der Waals surface area contributed by atoms with Crippen LogP contribution in [-0.4, -0.2) is 44.9 Å². The summed E-state index contributed by atoms with van der Waals surface area (Å²) < 4.78 is 12.9. The number of carbonyl (C=O) groups excluding carboxylic acids is 2. The van der Waals surface area contributed by atoms with Crippen molar-refractivity contribution in [1.29, 1.82) is 0 Å². The fourth-order valence-electron chi connectivity index (χ4n) is 3.03. The van der Waals surface area contributed by atoms with Crippen molar-refractivity contribution >= 4 is 17.6 Å². The second-order valence-electron chi connectivity index (χ2n) is 6.16. The topological polar surface area (TPSA) is 105 Å². The van der Waals surface area contributed by atoms with E-state index < -0.39 is 0 Å².